The molecule has 5 atom stereocenters. The van der Waals surface area contributed by atoms with Gasteiger partial charge in [-0.15, -0.1) is 0 Å². The van der Waals surface area contributed by atoms with Crippen LogP contribution in [-0.2, 0) is 24.4 Å². The number of allylic oxidation sites excluding steroid dienone is 1. The highest BCUT2D eigenvalue weighted by Gasteiger charge is 2.56. The Balaban J connectivity index is 1.11. The maximum absolute atomic E-state index is 14.6. The molecule has 4 heterocycles. The van der Waals surface area contributed by atoms with E-state index in [-0.39, 0.29) is 42.4 Å². The van der Waals surface area contributed by atoms with Crippen LogP contribution in [0.4, 0.5) is 4.39 Å². The third-order valence-corrected chi connectivity index (χ3v) is 13.5. The predicted molar refractivity (Wildman–Crippen MR) is 198 cm³/mol. The molecule has 0 spiro atoms. The Hall–Kier alpha value is -5.37. The van der Waals surface area contributed by atoms with Gasteiger partial charge in [-0.2, -0.15) is 0 Å². The van der Waals surface area contributed by atoms with E-state index in [4.69, 9.17) is 9.26 Å². The van der Waals surface area contributed by atoms with Gasteiger partial charge in [-0.05, 0) is 70.9 Å². The molecule has 2 saturated carbocycles. The second-order valence-electron chi connectivity index (χ2n) is 15.6. The van der Waals surface area contributed by atoms with E-state index >= 15 is 0 Å². The quantitative estimate of drug-likeness (QED) is 0.224. The molecule has 2 aliphatic heterocycles. The van der Waals surface area contributed by atoms with Gasteiger partial charge in [0.2, 0.25) is 27.7 Å². The lowest BCUT2D eigenvalue weighted by Crippen LogP contribution is -2.68. The standard InChI is InChI=1S/C39H42FN7O8S/c1-22-35(43-29-18-25(40)12-13-27(29)41-22)54-26-19-31-34(49)44-39(37(51)46-56(52,53)38(2)16-17-38)15-14-24(39)8-6-4-3-5-7-9-28(36(50)47(31)21-26)42-33(48)30-20-32(55-45-30)23-10-11-23/h6,8,12-13,18,20,23-24,26,28,31H,3-5,7,9-11,16-17,19,21H2,1-2H3,(H,42,48)(H,44,49)(H,46,51). The number of nitrogens with one attached hydrogen (secondary N) is 3. The number of carbonyl (C=O) groups excluding carboxylic acids is 4. The SMILES string of the molecule is Cc1nc2ccc(F)cc2nc1OC1CC2C(=O)NC3(C(=O)NS(=O)(=O)C4(C)CC4)C#CC3C=CCCCCCC(NC(=O)c3cc(C4CC4)on3)C(=O)N2C1. The second-order valence-corrected chi connectivity index (χ2v) is 17.8. The van der Waals surface area contributed by atoms with Crippen molar-refractivity contribution in [3.63, 3.8) is 0 Å². The van der Waals surface area contributed by atoms with Gasteiger partial charge in [-0.3, -0.25) is 19.2 Å². The van der Waals surface area contributed by atoms with E-state index in [9.17, 15) is 32.0 Å². The number of amides is 4. The maximum Gasteiger partial charge on any atom is 0.274 e. The van der Waals surface area contributed by atoms with Crippen molar-refractivity contribution >= 4 is 44.7 Å². The molecule has 17 heteroatoms. The van der Waals surface area contributed by atoms with Crippen molar-refractivity contribution in [3.8, 4) is 17.7 Å². The minimum absolute atomic E-state index is 0.0389. The van der Waals surface area contributed by atoms with Crippen molar-refractivity contribution in [2.24, 2.45) is 5.92 Å². The molecule has 3 fully saturated rings. The average Bonchev–Trinajstić information content (AvgIpc) is 4.05. The zero-order chi connectivity index (χ0) is 39.4. The van der Waals surface area contributed by atoms with Crippen molar-refractivity contribution in [1.82, 2.24) is 35.4 Å². The minimum atomic E-state index is -4.10. The van der Waals surface area contributed by atoms with Gasteiger partial charge in [0, 0.05) is 24.5 Å². The summed E-state index contributed by atoms with van der Waals surface area (Å²) in [6, 6.07) is 3.26. The third-order valence-electron chi connectivity index (χ3n) is 11.3. The van der Waals surface area contributed by atoms with Crippen LogP contribution in [0.5, 0.6) is 5.88 Å². The smallest absolute Gasteiger partial charge is 0.274 e. The first-order valence-electron chi connectivity index (χ1n) is 19.0. The summed E-state index contributed by atoms with van der Waals surface area (Å²) < 4.78 is 53.2. The summed E-state index contributed by atoms with van der Waals surface area (Å²) in [7, 11) is -4.10. The van der Waals surface area contributed by atoms with Crippen LogP contribution < -0.4 is 20.1 Å². The van der Waals surface area contributed by atoms with Crippen molar-refractivity contribution in [2.45, 2.75) is 112 Å². The van der Waals surface area contributed by atoms with Gasteiger partial charge in [0.05, 0.1) is 28.2 Å². The van der Waals surface area contributed by atoms with Gasteiger partial charge >= 0.3 is 0 Å². The summed E-state index contributed by atoms with van der Waals surface area (Å²) in [6.07, 6.45) is 8.15. The van der Waals surface area contributed by atoms with Crippen molar-refractivity contribution < 1.29 is 41.2 Å². The monoisotopic (exact) mass is 787 g/mol. The van der Waals surface area contributed by atoms with Crippen LogP contribution in [0.25, 0.3) is 11.0 Å². The molecule has 1 aromatic carbocycles. The molecule has 1 saturated heterocycles. The molecular formula is C39H42FN7O8S. The molecule has 3 N–H and O–H groups in total. The highest BCUT2D eigenvalue weighted by atomic mass is 32.2. The maximum atomic E-state index is 14.6. The molecule has 0 radical (unpaired) electrons. The van der Waals surface area contributed by atoms with E-state index in [1.54, 1.807) is 26.0 Å². The van der Waals surface area contributed by atoms with Crippen molar-refractivity contribution in [1.29, 1.82) is 0 Å². The third kappa shape index (κ3) is 7.22. The summed E-state index contributed by atoms with van der Waals surface area (Å²) in [5.74, 6) is 2.28. The summed E-state index contributed by atoms with van der Waals surface area (Å²) in [4.78, 5) is 66.8. The highest BCUT2D eigenvalue weighted by Crippen LogP contribution is 2.43. The normalized spacial score (nSPS) is 27.3. The molecule has 2 aromatic heterocycles. The lowest BCUT2D eigenvalue weighted by molar-refractivity contribution is -0.141. The molecule has 15 nitrogen and oxygen atoms in total. The van der Waals surface area contributed by atoms with E-state index in [0.29, 0.717) is 49.1 Å². The van der Waals surface area contributed by atoms with Gasteiger partial charge in [0.15, 0.2) is 11.2 Å². The van der Waals surface area contributed by atoms with E-state index in [1.807, 2.05) is 6.08 Å². The van der Waals surface area contributed by atoms with Gasteiger partial charge in [0.25, 0.3) is 11.8 Å². The van der Waals surface area contributed by atoms with Gasteiger partial charge in [-0.25, -0.2) is 27.5 Å². The average molecular weight is 788 g/mol. The van der Waals surface area contributed by atoms with Gasteiger partial charge in [-0.1, -0.05) is 42.0 Å². The first-order chi connectivity index (χ1) is 26.7. The molecule has 4 amide bonds. The van der Waals surface area contributed by atoms with Gasteiger partial charge in [0.1, 0.15) is 35.5 Å². The molecule has 5 aliphatic rings. The fraction of sp³-hybridized carbons (Fsp3) is 0.513. The number of halogens is 1. The largest absolute Gasteiger partial charge is 0.471 e. The summed E-state index contributed by atoms with van der Waals surface area (Å²) in [5.41, 5.74) is -0.806. The molecule has 8 rings (SSSR count). The highest BCUT2D eigenvalue weighted by molar-refractivity contribution is 7.91. The van der Waals surface area contributed by atoms with Crippen molar-refractivity contribution in [3.05, 3.63) is 59.4 Å². The number of rotatable bonds is 8. The zero-order valence-corrected chi connectivity index (χ0v) is 31.8. The second kappa shape index (κ2) is 14.3. The number of nitrogens with zero attached hydrogens (tertiary/aromatic N) is 4. The Bertz CT molecular complexity index is 2330. The predicted octanol–water partition coefficient (Wildman–Crippen LogP) is 3.10. The lowest BCUT2D eigenvalue weighted by Gasteiger charge is -2.38. The van der Waals surface area contributed by atoms with Crippen LogP contribution in [-0.4, -0.2) is 87.1 Å². The number of aromatic nitrogens is 3. The number of ether oxygens (including phenoxy) is 1. The fourth-order valence-electron chi connectivity index (χ4n) is 7.31. The summed E-state index contributed by atoms with van der Waals surface area (Å²) >= 11 is 0. The van der Waals surface area contributed by atoms with Crippen LogP contribution in [0.1, 0.15) is 99.0 Å². The molecule has 294 valence electrons. The lowest BCUT2D eigenvalue weighted by atomic mass is 9.75. The first kappa shape index (κ1) is 37.5. The fourth-order valence-corrected chi connectivity index (χ4v) is 8.61. The molecule has 3 aromatic rings. The molecular weight excluding hydrogens is 746 g/mol. The zero-order valence-electron chi connectivity index (χ0n) is 31.0. The number of carbonyl (C=O) groups is 4. The van der Waals surface area contributed by atoms with Crippen LogP contribution in [0, 0.1) is 30.5 Å². The molecule has 3 aliphatic carbocycles. The summed E-state index contributed by atoms with van der Waals surface area (Å²) in [6.45, 7) is 3.09. The van der Waals surface area contributed by atoms with E-state index in [1.165, 1.54) is 23.1 Å². The van der Waals surface area contributed by atoms with Gasteiger partial charge < -0.3 is 24.8 Å². The van der Waals surface area contributed by atoms with Crippen LogP contribution in [0.3, 0.4) is 0 Å². The Morgan fingerprint density at radius 1 is 1.09 bits per heavy atom. The number of aryl methyl sites for hydroxylation is 1. The van der Waals surface area contributed by atoms with Crippen LogP contribution in [0.2, 0.25) is 0 Å². The summed E-state index contributed by atoms with van der Waals surface area (Å²) in [5, 5.41) is 9.50. The number of fused-ring (bicyclic) bond motifs is 3. The van der Waals surface area contributed by atoms with E-state index in [2.05, 4.69) is 42.3 Å². The number of hydrogen-bond donors (Lipinski definition) is 3. The minimum Gasteiger partial charge on any atom is -0.471 e. The van der Waals surface area contributed by atoms with Crippen LogP contribution in [0.15, 0.2) is 40.9 Å². The Morgan fingerprint density at radius 2 is 1.89 bits per heavy atom. The molecule has 5 unspecified atom stereocenters. The van der Waals surface area contributed by atoms with E-state index in [0.717, 1.165) is 19.3 Å². The van der Waals surface area contributed by atoms with Crippen LogP contribution >= 0.6 is 0 Å². The van der Waals surface area contributed by atoms with E-state index < -0.39 is 73.9 Å². The molecule has 0 bridgehead atoms. The number of sulfonamides is 1. The Kier molecular flexibility index (Phi) is 9.58. The molecule has 56 heavy (non-hydrogen) atoms. The Morgan fingerprint density at radius 3 is 2.62 bits per heavy atom. The number of benzene rings is 1. The number of hydrogen-bond acceptors (Lipinski definition) is 11. The first-order valence-corrected chi connectivity index (χ1v) is 20.5. The Labute approximate surface area is 322 Å². The topological polar surface area (TPSA) is 203 Å². The van der Waals surface area contributed by atoms with Crippen molar-refractivity contribution in [2.75, 3.05) is 6.54 Å².